The Kier molecular flexibility index (Phi) is 7.54. The van der Waals surface area contributed by atoms with E-state index in [1.54, 1.807) is 18.2 Å². The molecule has 186 valence electrons. The number of nitrogens with zero attached hydrogens (tertiary/aromatic N) is 2. The third-order valence-corrected chi connectivity index (χ3v) is 6.89. The fourth-order valence-electron chi connectivity index (χ4n) is 3.72. The van der Waals surface area contributed by atoms with Crippen LogP contribution in [0.25, 0.3) is 11.4 Å². The number of H-pyrrole nitrogens is 1. The minimum absolute atomic E-state index is 0.00128. The number of halogens is 3. The fraction of sp³-hybridized carbons (Fsp3) is 0.375. The van der Waals surface area contributed by atoms with E-state index in [2.05, 4.69) is 21.6 Å². The molecule has 0 saturated heterocycles. The standard InChI is InChI=1S/C24H24F3N3O4S/c1-3-4-5-18-20(35-22(28-18)14-6-8-15(9-7-14)24(25,26)27)13-33-16-10-11-17(19(12-16)32-2)21-29-23(31)34-30-21/h6-12,18,20H,3-5,13H2,1-2H3,(H,29,30,31). The van der Waals surface area contributed by atoms with Gasteiger partial charge in [-0.05, 0) is 30.7 Å². The molecule has 1 N–H and O–H groups in total. The number of methoxy groups -OCH3 is 1. The maximum atomic E-state index is 12.9. The molecule has 0 spiro atoms. The first-order chi connectivity index (χ1) is 16.8. The molecular weight excluding hydrogens is 483 g/mol. The number of aromatic nitrogens is 2. The van der Waals surface area contributed by atoms with Crippen LogP contribution in [0.2, 0.25) is 0 Å². The normalized spacial score (nSPS) is 17.9. The lowest BCUT2D eigenvalue weighted by Gasteiger charge is -2.18. The molecule has 2 aromatic carbocycles. The average molecular weight is 508 g/mol. The molecule has 2 heterocycles. The van der Waals surface area contributed by atoms with Crippen molar-refractivity contribution in [2.45, 2.75) is 43.7 Å². The molecule has 4 rings (SSSR count). The third-order valence-electron chi connectivity index (χ3n) is 5.57. The van der Waals surface area contributed by atoms with Crippen LogP contribution in [0.3, 0.4) is 0 Å². The molecule has 0 fully saturated rings. The summed E-state index contributed by atoms with van der Waals surface area (Å²) in [6, 6.07) is 10.2. The van der Waals surface area contributed by atoms with E-state index in [1.807, 2.05) is 0 Å². The Labute approximate surface area is 203 Å². The van der Waals surface area contributed by atoms with Gasteiger partial charge in [-0.25, -0.2) is 4.79 Å². The van der Waals surface area contributed by atoms with E-state index in [9.17, 15) is 18.0 Å². The lowest BCUT2D eigenvalue weighted by atomic mass is 10.1. The summed E-state index contributed by atoms with van der Waals surface area (Å²) in [5.74, 6) is 0.603. The van der Waals surface area contributed by atoms with Crippen LogP contribution in [0.5, 0.6) is 11.5 Å². The number of alkyl halides is 3. The van der Waals surface area contributed by atoms with Gasteiger partial charge in [0.2, 0.25) is 0 Å². The molecule has 2 unspecified atom stereocenters. The average Bonchev–Trinajstić information content (AvgIpc) is 3.46. The first kappa shape index (κ1) is 24.9. The molecule has 7 nitrogen and oxygen atoms in total. The van der Waals surface area contributed by atoms with E-state index >= 15 is 0 Å². The van der Waals surface area contributed by atoms with Crippen LogP contribution in [0.4, 0.5) is 13.2 Å². The van der Waals surface area contributed by atoms with E-state index in [1.165, 1.54) is 31.0 Å². The number of unbranched alkanes of at least 4 members (excludes halogenated alkanes) is 1. The highest BCUT2D eigenvalue weighted by atomic mass is 32.2. The molecule has 3 aromatic rings. The van der Waals surface area contributed by atoms with Crippen LogP contribution in [0.15, 0.2) is 56.8 Å². The predicted molar refractivity (Wildman–Crippen MR) is 127 cm³/mol. The monoisotopic (exact) mass is 507 g/mol. The van der Waals surface area contributed by atoms with E-state index in [-0.39, 0.29) is 17.1 Å². The Morgan fingerprint density at radius 2 is 1.94 bits per heavy atom. The summed E-state index contributed by atoms with van der Waals surface area (Å²) < 4.78 is 54.8. The number of hydrogen-bond donors (Lipinski definition) is 1. The van der Waals surface area contributed by atoms with Crippen LogP contribution in [-0.4, -0.2) is 40.2 Å². The first-order valence-corrected chi connectivity index (χ1v) is 12.0. The van der Waals surface area contributed by atoms with Crippen molar-refractivity contribution in [2.75, 3.05) is 13.7 Å². The van der Waals surface area contributed by atoms with Crippen LogP contribution in [0, 0.1) is 0 Å². The molecule has 0 amide bonds. The zero-order chi connectivity index (χ0) is 25.0. The summed E-state index contributed by atoms with van der Waals surface area (Å²) in [4.78, 5) is 18.6. The molecular formula is C24H24F3N3O4S. The second-order valence-electron chi connectivity index (χ2n) is 7.99. The number of aromatic amines is 1. The predicted octanol–water partition coefficient (Wildman–Crippen LogP) is 5.56. The Morgan fingerprint density at radius 3 is 2.57 bits per heavy atom. The van der Waals surface area contributed by atoms with Gasteiger partial charge in [-0.1, -0.05) is 48.8 Å². The maximum Gasteiger partial charge on any atom is 0.439 e. The van der Waals surface area contributed by atoms with Gasteiger partial charge in [0.1, 0.15) is 18.1 Å². The maximum absolute atomic E-state index is 12.9. The van der Waals surface area contributed by atoms with Crippen LogP contribution in [-0.2, 0) is 6.18 Å². The summed E-state index contributed by atoms with van der Waals surface area (Å²) in [7, 11) is 1.50. The van der Waals surface area contributed by atoms with Crippen molar-refractivity contribution in [2.24, 2.45) is 4.99 Å². The minimum Gasteiger partial charge on any atom is -0.496 e. The lowest BCUT2D eigenvalue weighted by Crippen LogP contribution is -2.24. The van der Waals surface area contributed by atoms with Crippen molar-refractivity contribution in [1.29, 1.82) is 0 Å². The fourth-order valence-corrected chi connectivity index (χ4v) is 4.97. The van der Waals surface area contributed by atoms with E-state index in [0.717, 1.165) is 36.4 Å². The van der Waals surface area contributed by atoms with E-state index < -0.39 is 17.5 Å². The molecule has 0 radical (unpaired) electrons. The SMILES string of the molecule is CCCCC1N=C(c2ccc(C(F)(F)F)cc2)SC1COc1ccc(-c2noc(=O)[nH]2)c(OC)c1. The highest BCUT2D eigenvalue weighted by Gasteiger charge is 2.33. The zero-order valence-electron chi connectivity index (χ0n) is 19.1. The number of thioether (sulfide) groups is 1. The van der Waals surface area contributed by atoms with Gasteiger partial charge in [-0.15, -0.1) is 0 Å². The molecule has 35 heavy (non-hydrogen) atoms. The van der Waals surface area contributed by atoms with Gasteiger partial charge in [-0.2, -0.15) is 13.2 Å². The summed E-state index contributed by atoms with van der Waals surface area (Å²) in [6.45, 7) is 2.46. The molecule has 0 aliphatic carbocycles. The molecule has 0 saturated carbocycles. The second kappa shape index (κ2) is 10.6. The Balaban J connectivity index is 1.47. The van der Waals surface area contributed by atoms with Gasteiger partial charge in [0, 0.05) is 11.6 Å². The van der Waals surface area contributed by atoms with Crippen molar-refractivity contribution in [3.05, 3.63) is 64.1 Å². The van der Waals surface area contributed by atoms with Crippen molar-refractivity contribution < 1.29 is 27.2 Å². The molecule has 1 aromatic heterocycles. The number of benzene rings is 2. The van der Waals surface area contributed by atoms with Gasteiger partial charge in [-0.3, -0.25) is 14.5 Å². The largest absolute Gasteiger partial charge is 0.496 e. The topological polar surface area (TPSA) is 89.7 Å². The quantitative estimate of drug-likeness (QED) is 0.408. The van der Waals surface area contributed by atoms with Crippen LogP contribution in [0.1, 0.15) is 37.3 Å². The molecule has 1 aliphatic heterocycles. The van der Waals surface area contributed by atoms with Crippen molar-refractivity contribution >= 4 is 16.8 Å². The Morgan fingerprint density at radius 1 is 1.17 bits per heavy atom. The Hall–Kier alpha value is -3.21. The summed E-state index contributed by atoms with van der Waals surface area (Å²) in [6.07, 6.45) is -1.50. The van der Waals surface area contributed by atoms with Gasteiger partial charge in [0.15, 0.2) is 5.82 Å². The molecule has 11 heteroatoms. The molecule has 2 atom stereocenters. The summed E-state index contributed by atoms with van der Waals surface area (Å²) >= 11 is 1.52. The minimum atomic E-state index is -4.37. The molecule has 0 bridgehead atoms. The van der Waals surface area contributed by atoms with Gasteiger partial charge in [0.25, 0.3) is 0 Å². The van der Waals surface area contributed by atoms with Crippen molar-refractivity contribution in [3.8, 4) is 22.9 Å². The third kappa shape index (κ3) is 5.90. The molecule has 1 aliphatic rings. The number of rotatable bonds is 9. The number of ether oxygens (including phenoxy) is 2. The van der Waals surface area contributed by atoms with E-state index in [0.29, 0.717) is 29.2 Å². The van der Waals surface area contributed by atoms with E-state index in [4.69, 9.17) is 14.5 Å². The summed E-state index contributed by atoms with van der Waals surface area (Å²) in [5.41, 5.74) is 0.536. The van der Waals surface area contributed by atoms with Gasteiger partial charge in [0.05, 0.1) is 34.6 Å². The number of aliphatic imine (C=N–C) groups is 1. The lowest BCUT2D eigenvalue weighted by molar-refractivity contribution is -0.137. The highest BCUT2D eigenvalue weighted by Crippen LogP contribution is 2.36. The highest BCUT2D eigenvalue weighted by molar-refractivity contribution is 8.15. The second-order valence-corrected chi connectivity index (χ2v) is 9.22. The Bertz CT molecular complexity index is 1240. The number of nitrogens with one attached hydrogen (secondary N) is 1. The number of hydrogen-bond acceptors (Lipinski definition) is 7. The van der Waals surface area contributed by atoms with Crippen molar-refractivity contribution in [1.82, 2.24) is 10.1 Å². The van der Waals surface area contributed by atoms with Crippen LogP contribution >= 0.6 is 11.8 Å². The zero-order valence-corrected chi connectivity index (χ0v) is 19.9. The van der Waals surface area contributed by atoms with Crippen LogP contribution < -0.4 is 15.2 Å². The summed E-state index contributed by atoms with van der Waals surface area (Å²) in [5, 5.41) is 4.41. The van der Waals surface area contributed by atoms with Gasteiger partial charge >= 0.3 is 11.9 Å². The first-order valence-electron chi connectivity index (χ1n) is 11.1. The van der Waals surface area contributed by atoms with Crippen molar-refractivity contribution in [3.63, 3.8) is 0 Å². The van der Waals surface area contributed by atoms with Gasteiger partial charge < -0.3 is 9.47 Å². The smallest absolute Gasteiger partial charge is 0.439 e.